The predicted molar refractivity (Wildman–Crippen MR) is 73.0 cm³/mol. The van der Waals surface area contributed by atoms with Gasteiger partial charge in [0.05, 0.1) is 0 Å². The molecule has 0 bridgehead atoms. The molecule has 2 rings (SSSR count). The minimum atomic E-state index is -0.808. The number of carbonyl (C=O) groups is 2. The monoisotopic (exact) mass is 267 g/mol. The van der Waals surface area contributed by atoms with Gasteiger partial charge in [-0.05, 0) is 38.1 Å². The molecule has 5 heteroatoms. The summed E-state index contributed by atoms with van der Waals surface area (Å²) in [6, 6.07) is 0. The van der Waals surface area contributed by atoms with Gasteiger partial charge in [0.25, 0.3) is 0 Å². The van der Waals surface area contributed by atoms with Gasteiger partial charge < -0.3 is 16.8 Å². The summed E-state index contributed by atoms with van der Waals surface area (Å²) in [6.45, 7) is 0.543. The van der Waals surface area contributed by atoms with Gasteiger partial charge in [0.15, 0.2) is 0 Å². The van der Waals surface area contributed by atoms with Gasteiger partial charge >= 0.3 is 0 Å². The second-order valence-corrected chi connectivity index (χ2v) is 6.03. The first-order valence-electron chi connectivity index (χ1n) is 7.41. The predicted octanol–water partition coefficient (Wildman–Crippen LogP) is 0.666. The normalized spacial score (nSPS) is 29.9. The van der Waals surface area contributed by atoms with Gasteiger partial charge in [-0.25, -0.2) is 0 Å². The van der Waals surface area contributed by atoms with Gasteiger partial charge in [-0.15, -0.1) is 0 Å². The zero-order valence-electron chi connectivity index (χ0n) is 11.5. The first-order chi connectivity index (χ1) is 9.09. The average molecular weight is 267 g/mol. The van der Waals surface area contributed by atoms with Crippen LogP contribution in [0.2, 0.25) is 0 Å². The maximum absolute atomic E-state index is 12.4. The summed E-state index contributed by atoms with van der Waals surface area (Å²) in [6.07, 6.45) is 7.30. The van der Waals surface area contributed by atoms with Crippen molar-refractivity contribution >= 4 is 11.8 Å². The fraction of sp³-hybridized carbons (Fsp3) is 0.857. The number of primary amides is 1. The molecule has 0 aromatic heterocycles. The van der Waals surface area contributed by atoms with Crippen molar-refractivity contribution in [3.63, 3.8) is 0 Å². The highest BCUT2D eigenvalue weighted by Gasteiger charge is 2.42. The molecule has 0 aromatic rings. The van der Waals surface area contributed by atoms with E-state index in [0.29, 0.717) is 19.4 Å². The van der Waals surface area contributed by atoms with Gasteiger partial charge in [-0.2, -0.15) is 0 Å². The lowest BCUT2D eigenvalue weighted by Crippen LogP contribution is -2.59. The van der Waals surface area contributed by atoms with Crippen LogP contribution in [-0.4, -0.2) is 23.9 Å². The van der Waals surface area contributed by atoms with Crippen molar-refractivity contribution in [3.8, 4) is 0 Å². The number of nitrogens with two attached hydrogens (primary N) is 2. The Morgan fingerprint density at radius 1 is 1.11 bits per heavy atom. The third-order valence-electron chi connectivity index (χ3n) is 4.84. The topological polar surface area (TPSA) is 98.2 Å². The number of carbonyl (C=O) groups excluding carboxylic acids is 2. The van der Waals surface area contributed by atoms with Gasteiger partial charge in [0.1, 0.15) is 5.54 Å². The van der Waals surface area contributed by atoms with Crippen molar-refractivity contribution in [2.75, 3.05) is 6.54 Å². The first kappa shape index (κ1) is 14.3. The molecule has 19 heavy (non-hydrogen) atoms. The Balaban J connectivity index is 2.04. The molecule has 2 aliphatic carbocycles. The largest absolute Gasteiger partial charge is 0.368 e. The minimum Gasteiger partial charge on any atom is -0.368 e. The van der Waals surface area contributed by atoms with Crippen LogP contribution in [-0.2, 0) is 9.59 Å². The standard InChI is InChI=1S/C14H25N3O2/c15-9-10-5-4-6-11(10)12(18)17-14(13(16)19)7-2-1-3-8-14/h10-11H,1-9,15H2,(H2,16,19)(H,17,18)/t10-,11-/m1/s1. The van der Waals surface area contributed by atoms with Gasteiger partial charge in [-0.1, -0.05) is 25.7 Å². The third kappa shape index (κ3) is 2.91. The van der Waals surface area contributed by atoms with E-state index in [2.05, 4.69) is 5.32 Å². The SMILES string of the molecule is NC[C@H]1CCC[C@H]1C(=O)NC1(C(N)=O)CCCCC1. The molecule has 0 saturated heterocycles. The van der Waals surface area contributed by atoms with E-state index in [4.69, 9.17) is 11.5 Å². The Labute approximate surface area is 114 Å². The fourth-order valence-corrected chi connectivity index (χ4v) is 3.58. The quantitative estimate of drug-likeness (QED) is 0.698. The maximum atomic E-state index is 12.4. The molecule has 2 saturated carbocycles. The van der Waals surface area contributed by atoms with E-state index in [1.807, 2.05) is 0 Å². The molecule has 5 nitrogen and oxygen atoms in total. The van der Waals surface area contributed by atoms with Crippen molar-refractivity contribution < 1.29 is 9.59 Å². The van der Waals surface area contributed by atoms with Crippen LogP contribution in [0.1, 0.15) is 51.4 Å². The van der Waals surface area contributed by atoms with E-state index in [9.17, 15) is 9.59 Å². The van der Waals surface area contributed by atoms with E-state index < -0.39 is 5.54 Å². The summed E-state index contributed by atoms with van der Waals surface area (Å²) in [5, 5.41) is 2.97. The van der Waals surface area contributed by atoms with Gasteiger partial charge in [0, 0.05) is 5.92 Å². The molecule has 2 amide bonds. The van der Waals surface area contributed by atoms with E-state index in [-0.39, 0.29) is 23.7 Å². The van der Waals surface area contributed by atoms with Crippen molar-refractivity contribution in [2.24, 2.45) is 23.3 Å². The fourth-order valence-electron chi connectivity index (χ4n) is 3.58. The summed E-state index contributed by atoms with van der Waals surface area (Å²) < 4.78 is 0. The molecule has 2 atom stereocenters. The van der Waals surface area contributed by atoms with Crippen LogP contribution < -0.4 is 16.8 Å². The van der Waals surface area contributed by atoms with E-state index in [1.54, 1.807) is 0 Å². The smallest absolute Gasteiger partial charge is 0.243 e. The van der Waals surface area contributed by atoms with Crippen molar-refractivity contribution in [1.82, 2.24) is 5.32 Å². The van der Waals surface area contributed by atoms with Crippen LogP contribution in [0.3, 0.4) is 0 Å². The highest BCUT2D eigenvalue weighted by atomic mass is 16.2. The average Bonchev–Trinajstić information content (AvgIpc) is 2.88. The van der Waals surface area contributed by atoms with Gasteiger partial charge in [0.2, 0.25) is 11.8 Å². The number of rotatable bonds is 4. The number of hydrogen-bond acceptors (Lipinski definition) is 3. The highest BCUT2D eigenvalue weighted by molar-refractivity contribution is 5.91. The second-order valence-electron chi connectivity index (χ2n) is 6.03. The van der Waals surface area contributed by atoms with Crippen molar-refractivity contribution in [2.45, 2.75) is 56.9 Å². The number of nitrogens with one attached hydrogen (secondary N) is 1. The summed E-state index contributed by atoms with van der Waals surface area (Å²) >= 11 is 0. The van der Waals surface area contributed by atoms with E-state index in [1.165, 1.54) is 0 Å². The molecule has 0 radical (unpaired) electrons. The first-order valence-corrected chi connectivity index (χ1v) is 7.41. The van der Waals surface area contributed by atoms with Gasteiger partial charge in [-0.3, -0.25) is 9.59 Å². The summed E-state index contributed by atoms with van der Waals surface area (Å²) in [7, 11) is 0. The van der Waals surface area contributed by atoms with Crippen LogP contribution >= 0.6 is 0 Å². The second kappa shape index (κ2) is 5.90. The lowest BCUT2D eigenvalue weighted by atomic mass is 9.80. The molecule has 0 aliphatic heterocycles. The van der Waals surface area contributed by atoms with Crippen LogP contribution in [0.4, 0.5) is 0 Å². The van der Waals surface area contributed by atoms with E-state index >= 15 is 0 Å². The molecule has 0 aromatic carbocycles. The number of hydrogen-bond donors (Lipinski definition) is 3. The highest BCUT2D eigenvalue weighted by Crippen LogP contribution is 2.33. The molecular weight excluding hydrogens is 242 g/mol. The molecule has 5 N–H and O–H groups in total. The van der Waals surface area contributed by atoms with Crippen molar-refractivity contribution in [1.29, 1.82) is 0 Å². The molecule has 2 fully saturated rings. The Hall–Kier alpha value is -1.10. The number of amides is 2. The minimum absolute atomic E-state index is 0.0198. The van der Waals surface area contributed by atoms with Crippen LogP contribution in [0.15, 0.2) is 0 Å². The molecule has 0 spiro atoms. The van der Waals surface area contributed by atoms with Crippen molar-refractivity contribution in [3.05, 3.63) is 0 Å². The third-order valence-corrected chi connectivity index (χ3v) is 4.84. The lowest BCUT2D eigenvalue weighted by Gasteiger charge is -2.36. The maximum Gasteiger partial charge on any atom is 0.243 e. The summed E-state index contributed by atoms with van der Waals surface area (Å²) in [5.41, 5.74) is 10.4. The molecule has 0 unspecified atom stereocenters. The zero-order chi connectivity index (χ0) is 13.9. The molecule has 0 heterocycles. The summed E-state index contributed by atoms with van der Waals surface area (Å²) in [4.78, 5) is 24.2. The molecule has 108 valence electrons. The van der Waals surface area contributed by atoms with Crippen LogP contribution in [0, 0.1) is 11.8 Å². The van der Waals surface area contributed by atoms with Crippen LogP contribution in [0.5, 0.6) is 0 Å². The Bertz CT molecular complexity index is 351. The Morgan fingerprint density at radius 3 is 2.37 bits per heavy atom. The lowest BCUT2D eigenvalue weighted by molar-refractivity contribution is -0.135. The Morgan fingerprint density at radius 2 is 1.79 bits per heavy atom. The molecule has 2 aliphatic rings. The zero-order valence-corrected chi connectivity index (χ0v) is 11.5. The van der Waals surface area contributed by atoms with Crippen LogP contribution in [0.25, 0.3) is 0 Å². The summed E-state index contributed by atoms with van der Waals surface area (Å²) in [5.74, 6) is -0.187. The molecular formula is C14H25N3O2. The Kier molecular flexibility index (Phi) is 4.45. The van der Waals surface area contributed by atoms with E-state index in [0.717, 1.165) is 38.5 Å².